The minimum absolute atomic E-state index is 0.0527. The summed E-state index contributed by atoms with van der Waals surface area (Å²) in [5.41, 5.74) is 2.59. The van der Waals surface area contributed by atoms with Crippen LogP contribution in [-0.2, 0) is 12.8 Å². The van der Waals surface area contributed by atoms with Gasteiger partial charge in [0.15, 0.2) is 0 Å². The molecule has 114 valence electrons. The van der Waals surface area contributed by atoms with Crippen molar-refractivity contribution >= 4 is 5.91 Å². The summed E-state index contributed by atoms with van der Waals surface area (Å²) in [6, 6.07) is 0.311. The Balaban J connectivity index is 1.66. The lowest BCUT2D eigenvalue weighted by atomic mass is 9.87. The average molecular weight is 287 g/mol. The minimum Gasteiger partial charge on any atom is -0.348 e. The van der Waals surface area contributed by atoms with Crippen molar-refractivity contribution in [2.24, 2.45) is 11.8 Å². The van der Waals surface area contributed by atoms with Crippen LogP contribution in [0.15, 0.2) is 6.20 Å². The molecule has 1 fully saturated rings. The van der Waals surface area contributed by atoms with E-state index in [0.717, 1.165) is 43.0 Å². The molecule has 1 atom stereocenters. The van der Waals surface area contributed by atoms with Crippen LogP contribution < -0.4 is 5.32 Å². The van der Waals surface area contributed by atoms with E-state index in [4.69, 9.17) is 0 Å². The first-order chi connectivity index (χ1) is 10.1. The average Bonchev–Trinajstić information content (AvgIpc) is 2.48. The van der Waals surface area contributed by atoms with Crippen molar-refractivity contribution in [1.29, 1.82) is 0 Å². The topological polar surface area (TPSA) is 54.9 Å². The Kier molecular flexibility index (Phi) is 4.22. The molecule has 0 radical (unpaired) electrons. The van der Waals surface area contributed by atoms with Crippen molar-refractivity contribution < 1.29 is 4.79 Å². The fourth-order valence-corrected chi connectivity index (χ4v) is 3.41. The number of carbonyl (C=O) groups is 1. The van der Waals surface area contributed by atoms with Crippen LogP contribution in [0.1, 0.15) is 67.8 Å². The van der Waals surface area contributed by atoms with Crippen LogP contribution in [0.5, 0.6) is 0 Å². The number of nitrogens with one attached hydrogen (secondary N) is 1. The third-order valence-corrected chi connectivity index (χ3v) is 4.93. The maximum atomic E-state index is 12.3. The van der Waals surface area contributed by atoms with Crippen molar-refractivity contribution in [2.75, 3.05) is 0 Å². The van der Waals surface area contributed by atoms with Crippen LogP contribution in [0.3, 0.4) is 0 Å². The zero-order chi connectivity index (χ0) is 14.8. The van der Waals surface area contributed by atoms with Gasteiger partial charge in [-0.05, 0) is 56.8 Å². The van der Waals surface area contributed by atoms with Gasteiger partial charge in [-0.1, -0.05) is 13.8 Å². The van der Waals surface area contributed by atoms with Gasteiger partial charge in [0.05, 0.1) is 17.6 Å². The van der Waals surface area contributed by atoms with E-state index in [2.05, 4.69) is 29.1 Å². The lowest BCUT2D eigenvalue weighted by Gasteiger charge is -2.27. The van der Waals surface area contributed by atoms with Gasteiger partial charge in [0, 0.05) is 6.04 Å². The zero-order valence-electron chi connectivity index (χ0n) is 13.1. The smallest absolute Gasteiger partial charge is 0.271 e. The number of aryl methyl sites for hydroxylation is 1. The molecule has 1 N–H and O–H groups in total. The highest BCUT2D eigenvalue weighted by Crippen LogP contribution is 2.24. The van der Waals surface area contributed by atoms with E-state index in [1.807, 2.05) is 0 Å². The number of carbonyl (C=O) groups excluding carboxylic acids is 1. The third-order valence-electron chi connectivity index (χ3n) is 4.93. The number of fused-ring (bicyclic) bond motifs is 1. The number of hydrogen-bond acceptors (Lipinski definition) is 3. The number of aromatic nitrogens is 2. The summed E-state index contributed by atoms with van der Waals surface area (Å²) in [5, 5.41) is 3.13. The monoisotopic (exact) mass is 287 g/mol. The molecule has 2 aliphatic rings. The highest BCUT2D eigenvalue weighted by Gasteiger charge is 2.23. The minimum atomic E-state index is -0.0527. The first kappa shape index (κ1) is 14.5. The molecule has 1 saturated carbocycles. The first-order valence-electron chi connectivity index (χ1n) is 8.27. The van der Waals surface area contributed by atoms with E-state index in [0.29, 0.717) is 17.7 Å². The molecule has 1 unspecified atom stereocenters. The SMILES string of the molecule is CC1CCc2ncc(C(=O)N[C@H]3CC[C@H](C)CC3)nc2C1. The maximum Gasteiger partial charge on any atom is 0.271 e. The van der Waals surface area contributed by atoms with E-state index in [-0.39, 0.29) is 5.91 Å². The lowest BCUT2D eigenvalue weighted by Crippen LogP contribution is -2.38. The molecule has 1 aromatic heterocycles. The van der Waals surface area contributed by atoms with Gasteiger partial charge in [-0.2, -0.15) is 0 Å². The Morgan fingerprint density at radius 1 is 1.10 bits per heavy atom. The molecule has 0 saturated heterocycles. The molecule has 0 aromatic carbocycles. The lowest BCUT2D eigenvalue weighted by molar-refractivity contribution is 0.0917. The van der Waals surface area contributed by atoms with Gasteiger partial charge in [0.25, 0.3) is 5.91 Å². The fourth-order valence-electron chi connectivity index (χ4n) is 3.41. The van der Waals surface area contributed by atoms with Gasteiger partial charge in [-0.3, -0.25) is 9.78 Å². The second-order valence-corrected chi connectivity index (χ2v) is 6.93. The highest BCUT2D eigenvalue weighted by molar-refractivity contribution is 5.92. The summed E-state index contributed by atoms with van der Waals surface area (Å²) in [7, 11) is 0. The summed E-state index contributed by atoms with van der Waals surface area (Å²) < 4.78 is 0. The van der Waals surface area contributed by atoms with Crippen LogP contribution in [0.4, 0.5) is 0 Å². The molecule has 21 heavy (non-hydrogen) atoms. The van der Waals surface area contributed by atoms with Gasteiger partial charge in [0.2, 0.25) is 0 Å². The number of amides is 1. The Morgan fingerprint density at radius 2 is 1.86 bits per heavy atom. The first-order valence-corrected chi connectivity index (χ1v) is 8.27. The second kappa shape index (κ2) is 6.12. The normalized spacial score (nSPS) is 28.8. The van der Waals surface area contributed by atoms with Gasteiger partial charge >= 0.3 is 0 Å². The molecular weight excluding hydrogens is 262 g/mol. The van der Waals surface area contributed by atoms with Crippen LogP contribution in [0, 0.1) is 11.8 Å². The van der Waals surface area contributed by atoms with Crippen molar-refractivity contribution in [3.8, 4) is 0 Å². The van der Waals surface area contributed by atoms with Crippen molar-refractivity contribution in [2.45, 2.75) is 64.8 Å². The Hall–Kier alpha value is -1.45. The Morgan fingerprint density at radius 3 is 2.62 bits per heavy atom. The Bertz CT molecular complexity index is 521. The molecule has 2 aliphatic carbocycles. The van der Waals surface area contributed by atoms with Gasteiger partial charge < -0.3 is 5.32 Å². The number of nitrogens with zero attached hydrogens (tertiary/aromatic N) is 2. The molecule has 1 aromatic rings. The number of hydrogen-bond donors (Lipinski definition) is 1. The van der Waals surface area contributed by atoms with Gasteiger partial charge in [0.1, 0.15) is 5.69 Å². The zero-order valence-corrected chi connectivity index (χ0v) is 13.1. The van der Waals surface area contributed by atoms with E-state index >= 15 is 0 Å². The van der Waals surface area contributed by atoms with Gasteiger partial charge in [-0.25, -0.2) is 4.98 Å². The molecule has 4 heteroatoms. The second-order valence-electron chi connectivity index (χ2n) is 6.93. The standard InChI is InChI=1S/C17H25N3O/c1-11-3-6-13(7-4-11)19-17(21)16-10-18-14-8-5-12(2)9-15(14)20-16/h10-13H,3-9H2,1-2H3,(H,19,21)/t11-,12?,13-. The molecule has 4 nitrogen and oxygen atoms in total. The van der Waals surface area contributed by atoms with Crippen LogP contribution in [0.2, 0.25) is 0 Å². The predicted octanol–water partition coefficient (Wildman–Crippen LogP) is 2.91. The largest absolute Gasteiger partial charge is 0.348 e. The summed E-state index contributed by atoms with van der Waals surface area (Å²) in [5.74, 6) is 1.39. The summed E-state index contributed by atoms with van der Waals surface area (Å²) in [6.45, 7) is 4.52. The van der Waals surface area contributed by atoms with Gasteiger partial charge in [-0.15, -0.1) is 0 Å². The van der Waals surface area contributed by atoms with Crippen LogP contribution >= 0.6 is 0 Å². The molecule has 0 bridgehead atoms. The van der Waals surface area contributed by atoms with E-state index in [1.165, 1.54) is 19.3 Å². The molecule has 1 heterocycles. The van der Waals surface area contributed by atoms with Crippen LogP contribution in [0.25, 0.3) is 0 Å². The predicted molar refractivity (Wildman–Crippen MR) is 82.1 cm³/mol. The summed E-state index contributed by atoms with van der Waals surface area (Å²) in [4.78, 5) is 21.4. The molecule has 3 rings (SSSR count). The number of rotatable bonds is 2. The van der Waals surface area contributed by atoms with Crippen molar-refractivity contribution in [3.63, 3.8) is 0 Å². The Labute approximate surface area is 126 Å². The van der Waals surface area contributed by atoms with E-state index < -0.39 is 0 Å². The summed E-state index contributed by atoms with van der Waals surface area (Å²) in [6.07, 6.45) is 9.35. The van der Waals surface area contributed by atoms with Crippen LogP contribution in [-0.4, -0.2) is 21.9 Å². The summed E-state index contributed by atoms with van der Waals surface area (Å²) >= 11 is 0. The third kappa shape index (κ3) is 3.42. The molecular formula is C17H25N3O. The fraction of sp³-hybridized carbons (Fsp3) is 0.706. The molecule has 1 amide bonds. The molecule has 0 spiro atoms. The highest BCUT2D eigenvalue weighted by atomic mass is 16.1. The van der Waals surface area contributed by atoms with Crippen molar-refractivity contribution in [3.05, 3.63) is 23.3 Å². The van der Waals surface area contributed by atoms with E-state index in [9.17, 15) is 4.79 Å². The quantitative estimate of drug-likeness (QED) is 0.910. The van der Waals surface area contributed by atoms with Crippen molar-refractivity contribution in [1.82, 2.24) is 15.3 Å². The molecule has 0 aliphatic heterocycles. The van der Waals surface area contributed by atoms with E-state index in [1.54, 1.807) is 6.20 Å². The maximum absolute atomic E-state index is 12.3.